The zero-order chi connectivity index (χ0) is 28.1. The number of nitrogens with two attached hydrogens (primary N) is 2. The third-order valence-electron chi connectivity index (χ3n) is 5.28. The molecular weight excluding hydrogens is 486 g/mol. The molecule has 0 aliphatic heterocycles. The number of carbonyl (C=O) groups excluding carboxylic acids is 4. The normalized spacial score (nSPS) is 14.1. The van der Waals surface area contributed by atoms with Crippen molar-refractivity contribution in [2.24, 2.45) is 17.4 Å². The Hall–Kier alpha value is -4.00. The van der Waals surface area contributed by atoms with E-state index in [1.165, 1.54) is 0 Å². The molecule has 204 valence electrons. The van der Waals surface area contributed by atoms with Gasteiger partial charge in [-0.05, 0) is 24.3 Å². The molecule has 0 radical (unpaired) electrons. The average Bonchev–Trinajstić information content (AvgIpc) is 2.80. The maximum Gasteiger partial charge on any atom is 0.326 e. The fourth-order valence-corrected chi connectivity index (χ4v) is 3.43. The third-order valence-corrected chi connectivity index (χ3v) is 5.28. The van der Waals surface area contributed by atoms with E-state index in [2.05, 4.69) is 16.0 Å². The Morgan fingerprint density at radius 3 is 1.89 bits per heavy atom. The summed E-state index contributed by atoms with van der Waals surface area (Å²) in [6, 6.07) is 3.36. The number of nitrogens with one attached hydrogen (secondary N) is 3. The highest BCUT2D eigenvalue weighted by molar-refractivity contribution is 5.95. The summed E-state index contributed by atoms with van der Waals surface area (Å²) in [5.74, 6) is -6.13. The number of rotatable bonds is 16. The van der Waals surface area contributed by atoms with E-state index in [1.54, 1.807) is 30.3 Å². The van der Waals surface area contributed by atoms with Crippen molar-refractivity contribution in [3.63, 3.8) is 0 Å². The van der Waals surface area contributed by atoms with Crippen molar-refractivity contribution in [2.75, 3.05) is 0 Å². The number of hydrogen-bond acceptors (Lipinski definition) is 7. The molecule has 1 aromatic rings. The lowest BCUT2D eigenvalue weighted by Gasteiger charge is -2.25. The number of amides is 4. The summed E-state index contributed by atoms with van der Waals surface area (Å²) in [5, 5.41) is 25.5. The molecule has 4 atom stereocenters. The molecular formula is C24H35N5O8. The largest absolute Gasteiger partial charge is 0.481 e. The van der Waals surface area contributed by atoms with Gasteiger partial charge in [-0.15, -0.1) is 0 Å². The number of hydrogen-bond donors (Lipinski definition) is 7. The van der Waals surface area contributed by atoms with Crippen molar-refractivity contribution in [3.05, 3.63) is 35.9 Å². The van der Waals surface area contributed by atoms with Gasteiger partial charge in [0, 0.05) is 12.8 Å². The first-order valence-electron chi connectivity index (χ1n) is 11.7. The van der Waals surface area contributed by atoms with Crippen LogP contribution in [0.25, 0.3) is 0 Å². The molecule has 0 heterocycles. The molecule has 0 spiro atoms. The minimum absolute atomic E-state index is 0.0184. The van der Waals surface area contributed by atoms with Gasteiger partial charge in [-0.3, -0.25) is 24.0 Å². The summed E-state index contributed by atoms with van der Waals surface area (Å²) in [7, 11) is 0. The van der Waals surface area contributed by atoms with E-state index in [4.69, 9.17) is 11.5 Å². The van der Waals surface area contributed by atoms with E-state index >= 15 is 0 Å². The molecule has 0 aliphatic carbocycles. The highest BCUT2D eigenvalue weighted by Gasteiger charge is 2.32. The molecule has 1 aromatic carbocycles. The van der Waals surface area contributed by atoms with Crippen LogP contribution in [0.15, 0.2) is 30.3 Å². The van der Waals surface area contributed by atoms with Crippen LogP contribution < -0.4 is 27.4 Å². The second kappa shape index (κ2) is 15.2. The lowest BCUT2D eigenvalue weighted by atomic mass is 10.0. The number of primary amides is 1. The van der Waals surface area contributed by atoms with Crippen molar-refractivity contribution in [2.45, 2.75) is 70.1 Å². The Balaban J connectivity index is 3.10. The molecule has 0 fully saturated rings. The number of carboxylic acids is 2. The molecule has 0 saturated carbocycles. The lowest BCUT2D eigenvalue weighted by molar-refractivity contribution is -0.143. The molecule has 37 heavy (non-hydrogen) atoms. The molecule has 0 aromatic heterocycles. The monoisotopic (exact) mass is 521 g/mol. The molecule has 9 N–H and O–H groups in total. The molecule has 0 saturated heterocycles. The number of carbonyl (C=O) groups is 6. The van der Waals surface area contributed by atoms with E-state index in [-0.39, 0.29) is 25.2 Å². The quantitative estimate of drug-likeness (QED) is 0.139. The fourth-order valence-electron chi connectivity index (χ4n) is 3.43. The Morgan fingerprint density at radius 2 is 1.38 bits per heavy atom. The van der Waals surface area contributed by atoms with Gasteiger partial charge >= 0.3 is 11.9 Å². The first kappa shape index (κ1) is 31.0. The first-order valence-corrected chi connectivity index (χ1v) is 11.7. The predicted molar refractivity (Wildman–Crippen MR) is 132 cm³/mol. The Labute approximate surface area is 214 Å². The van der Waals surface area contributed by atoms with Gasteiger partial charge in [0.15, 0.2) is 0 Å². The molecule has 13 nitrogen and oxygen atoms in total. The molecule has 0 bridgehead atoms. The van der Waals surface area contributed by atoms with Crippen molar-refractivity contribution >= 4 is 35.6 Å². The smallest absolute Gasteiger partial charge is 0.326 e. The Bertz CT molecular complexity index is 969. The molecule has 0 aliphatic rings. The predicted octanol–water partition coefficient (Wildman–Crippen LogP) is -1.12. The summed E-state index contributed by atoms with van der Waals surface area (Å²) in [6.45, 7) is 3.76. The maximum absolute atomic E-state index is 13.1. The molecule has 4 unspecified atom stereocenters. The Morgan fingerprint density at radius 1 is 0.838 bits per heavy atom. The van der Waals surface area contributed by atoms with Crippen LogP contribution in [0.1, 0.15) is 45.1 Å². The highest BCUT2D eigenvalue weighted by atomic mass is 16.4. The second-order valence-corrected chi connectivity index (χ2v) is 9.05. The number of carboxylic acid groups (broad SMARTS) is 2. The van der Waals surface area contributed by atoms with Crippen LogP contribution in [-0.4, -0.2) is 69.9 Å². The zero-order valence-electron chi connectivity index (χ0n) is 20.8. The molecule has 13 heteroatoms. The number of aliphatic carboxylic acids is 2. The van der Waals surface area contributed by atoms with E-state index < -0.39 is 66.2 Å². The van der Waals surface area contributed by atoms with Gasteiger partial charge in [0.2, 0.25) is 23.6 Å². The highest BCUT2D eigenvalue weighted by Crippen LogP contribution is 2.08. The van der Waals surface area contributed by atoms with Crippen LogP contribution in [0.2, 0.25) is 0 Å². The van der Waals surface area contributed by atoms with Crippen LogP contribution in [-0.2, 0) is 35.2 Å². The summed E-state index contributed by atoms with van der Waals surface area (Å²) in [4.78, 5) is 72.3. The topological polar surface area (TPSA) is 231 Å². The van der Waals surface area contributed by atoms with Gasteiger partial charge in [0.1, 0.15) is 18.1 Å². The second-order valence-electron chi connectivity index (χ2n) is 9.05. The van der Waals surface area contributed by atoms with Crippen molar-refractivity contribution < 1.29 is 39.0 Å². The van der Waals surface area contributed by atoms with E-state index in [0.29, 0.717) is 12.0 Å². The summed E-state index contributed by atoms with van der Waals surface area (Å²) in [6.07, 6.45) is -1.15. The van der Waals surface area contributed by atoms with E-state index in [1.807, 2.05) is 13.8 Å². The van der Waals surface area contributed by atoms with Gasteiger partial charge < -0.3 is 37.6 Å². The van der Waals surface area contributed by atoms with Gasteiger partial charge in [0.05, 0.1) is 12.5 Å². The van der Waals surface area contributed by atoms with Crippen LogP contribution >= 0.6 is 0 Å². The van der Waals surface area contributed by atoms with Crippen LogP contribution in [0, 0.1) is 5.92 Å². The van der Waals surface area contributed by atoms with Gasteiger partial charge in [-0.2, -0.15) is 0 Å². The number of benzene rings is 1. The van der Waals surface area contributed by atoms with Crippen LogP contribution in [0.3, 0.4) is 0 Å². The van der Waals surface area contributed by atoms with Crippen molar-refractivity contribution in [3.8, 4) is 0 Å². The van der Waals surface area contributed by atoms with E-state index in [0.717, 1.165) is 0 Å². The molecule has 4 amide bonds. The standard InChI is InChI=1S/C24H35N5O8/c1-13(2)10-15(25)21(33)28-17(11-14-6-4-3-5-7-14)22(34)29-18(12-20(31)32)23(35)27-16(24(36)37)8-9-19(26)30/h3-7,13,15-18H,8-12,25H2,1-2H3,(H2,26,30)(H,27,35)(H,28,33)(H,29,34)(H,31,32)(H,36,37). The van der Waals surface area contributed by atoms with Gasteiger partial charge in [0.25, 0.3) is 0 Å². The van der Waals surface area contributed by atoms with Gasteiger partial charge in [-0.1, -0.05) is 44.2 Å². The van der Waals surface area contributed by atoms with Gasteiger partial charge in [-0.25, -0.2) is 4.79 Å². The van der Waals surface area contributed by atoms with Crippen LogP contribution in [0.4, 0.5) is 0 Å². The summed E-state index contributed by atoms with van der Waals surface area (Å²) >= 11 is 0. The van der Waals surface area contributed by atoms with Crippen molar-refractivity contribution in [1.82, 2.24) is 16.0 Å². The van der Waals surface area contributed by atoms with Crippen molar-refractivity contribution in [1.29, 1.82) is 0 Å². The third kappa shape index (κ3) is 12.0. The summed E-state index contributed by atoms with van der Waals surface area (Å²) < 4.78 is 0. The minimum atomic E-state index is -1.67. The maximum atomic E-state index is 13.1. The fraction of sp³-hybridized carbons (Fsp3) is 0.500. The Kier molecular flexibility index (Phi) is 12.7. The van der Waals surface area contributed by atoms with Crippen LogP contribution in [0.5, 0.6) is 0 Å². The molecule has 1 rings (SSSR count). The summed E-state index contributed by atoms with van der Waals surface area (Å²) in [5.41, 5.74) is 11.6. The SMILES string of the molecule is CC(C)CC(N)C(=O)NC(Cc1ccccc1)C(=O)NC(CC(=O)O)C(=O)NC(CCC(N)=O)C(=O)O. The minimum Gasteiger partial charge on any atom is -0.481 e. The average molecular weight is 522 g/mol. The zero-order valence-corrected chi connectivity index (χ0v) is 20.8. The lowest BCUT2D eigenvalue weighted by Crippen LogP contribution is -2.58. The first-order chi connectivity index (χ1) is 17.3. The van der Waals surface area contributed by atoms with E-state index in [9.17, 15) is 39.0 Å².